The molecule has 0 amide bonds. The molecule has 0 radical (unpaired) electrons. The number of nitrogens with two attached hydrogens (primary N) is 1. The van der Waals surface area contributed by atoms with Crippen LogP contribution in [0.4, 0.5) is 0 Å². The molecule has 1 aromatic carbocycles. The van der Waals surface area contributed by atoms with E-state index in [1.807, 2.05) is 0 Å². The molecule has 0 spiro atoms. The third-order valence-electron chi connectivity index (χ3n) is 3.97. The number of methoxy groups -OCH3 is 1. The van der Waals surface area contributed by atoms with Gasteiger partial charge in [0.05, 0.1) is 12.0 Å². The lowest BCUT2D eigenvalue weighted by Crippen LogP contribution is -2.51. The average molecular weight is 298 g/mol. The molecule has 112 valence electrons. The van der Waals surface area contributed by atoms with Crippen LogP contribution < -0.4 is 15.2 Å². The van der Waals surface area contributed by atoms with Crippen LogP contribution in [0.5, 0.6) is 5.75 Å². The summed E-state index contributed by atoms with van der Waals surface area (Å²) in [5.41, 5.74) is 5.98. The van der Waals surface area contributed by atoms with Gasteiger partial charge in [0.25, 0.3) is 0 Å². The SMILES string of the molecule is COc1ccc(S(=O)(=O)NC2(CN)CCCC2)c(C)c1. The predicted octanol–water partition coefficient (Wildman–Crippen LogP) is 1.55. The molecule has 0 atom stereocenters. The normalized spacial score (nSPS) is 18.1. The third-order valence-corrected chi connectivity index (χ3v) is 5.71. The summed E-state index contributed by atoms with van der Waals surface area (Å²) in [6, 6.07) is 4.96. The van der Waals surface area contributed by atoms with Crippen molar-refractivity contribution in [2.75, 3.05) is 13.7 Å². The highest BCUT2D eigenvalue weighted by atomic mass is 32.2. The van der Waals surface area contributed by atoms with Crippen LogP contribution in [0.3, 0.4) is 0 Å². The maximum atomic E-state index is 12.6. The van der Waals surface area contributed by atoms with Gasteiger partial charge in [-0.2, -0.15) is 0 Å². The van der Waals surface area contributed by atoms with Gasteiger partial charge in [-0.1, -0.05) is 12.8 Å². The van der Waals surface area contributed by atoms with E-state index in [1.54, 1.807) is 32.2 Å². The number of aryl methyl sites for hydroxylation is 1. The van der Waals surface area contributed by atoms with Gasteiger partial charge in [0.1, 0.15) is 5.75 Å². The van der Waals surface area contributed by atoms with E-state index in [2.05, 4.69) is 4.72 Å². The van der Waals surface area contributed by atoms with Gasteiger partial charge in [0.15, 0.2) is 0 Å². The summed E-state index contributed by atoms with van der Waals surface area (Å²) >= 11 is 0. The Morgan fingerprint density at radius 1 is 1.35 bits per heavy atom. The van der Waals surface area contributed by atoms with E-state index in [0.29, 0.717) is 17.9 Å². The molecule has 0 heterocycles. The number of hydrogen-bond acceptors (Lipinski definition) is 4. The summed E-state index contributed by atoms with van der Waals surface area (Å²) < 4.78 is 33.1. The fourth-order valence-electron chi connectivity index (χ4n) is 2.79. The average Bonchev–Trinajstić information content (AvgIpc) is 2.86. The monoisotopic (exact) mass is 298 g/mol. The van der Waals surface area contributed by atoms with Crippen molar-refractivity contribution in [2.45, 2.75) is 43.0 Å². The van der Waals surface area contributed by atoms with E-state index >= 15 is 0 Å². The number of rotatable bonds is 5. The van der Waals surface area contributed by atoms with Crippen LogP contribution >= 0.6 is 0 Å². The topological polar surface area (TPSA) is 81.4 Å². The Labute approximate surface area is 120 Å². The molecular weight excluding hydrogens is 276 g/mol. The molecule has 1 aromatic rings. The molecule has 20 heavy (non-hydrogen) atoms. The lowest BCUT2D eigenvalue weighted by molar-refractivity contribution is 0.399. The fourth-order valence-corrected chi connectivity index (χ4v) is 4.49. The molecule has 3 N–H and O–H groups in total. The molecule has 1 aliphatic rings. The zero-order chi connectivity index (χ0) is 14.8. The number of benzene rings is 1. The third kappa shape index (κ3) is 2.97. The Bertz CT molecular complexity index is 578. The van der Waals surface area contributed by atoms with Crippen LogP contribution in [0.2, 0.25) is 0 Å². The van der Waals surface area contributed by atoms with E-state index in [-0.39, 0.29) is 4.90 Å². The van der Waals surface area contributed by atoms with Crippen LogP contribution in [-0.4, -0.2) is 27.6 Å². The molecule has 1 fully saturated rings. The molecule has 5 nitrogen and oxygen atoms in total. The lowest BCUT2D eigenvalue weighted by atomic mass is 10.0. The minimum atomic E-state index is -3.56. The summed E-state index contributed by atoms with van der Waals surface area (Å²) in [6.45, 7) is 2.10. The zero-order valence-electron chi connectivity index (χ0n) is 12.0. The molecule has 1 aliphatic carbocycles. The van der Waals surface area contributed by atoms with Gasteiger partial charge < -0.3 is 10.5 Å². The van der Waals surface area contributed by atoms with Crippen molar-refractivity contribution in [3.05, 3.63) is 23.8 Å². The molecule has 0 unspecified atom stereocenters. The fraction of sp³-hybridized carbons (Fsp3) is 0.571. The van der Waals surface area contributed by atoms with Crippen molar-refractivity contribution < 1.29 is 13.2 Å². The first kappa shape index (κ1) is 15.3. The van der Waals surface area contributed by atoms with E-state index in [1.165, 1.54) is 0 Å². The van der Waals surface area contributed by atoms with Crippen molar-refractivity contribution in [1.82, 2.24) is 4.72 Å². The van der Waals surface area contributed by atoms with Crippen molar-refractivity contribution >= 4 is 10.0 Å². The summed E-state index contributed by atoms with van der Waals surface area (Å²) in [5, 5.41) is 0. The second-order valence-corrected chi connectivity index (χ2v) is 7.08. The van der Waals surface area contributed by atoms with Crippen LogP contribution in [0.15, 0.2) is 23.1 Å². The highest BCUT2D eigenvalue weighted by Gasteiger charge is 2.37. The van der Waals surface area contributed by atoms with Gasteiger partial charge >= 0.3 is 0 Å². The van der Waals surface area contributed by atoms with Gasteiger partial charge in [-0.25, -0.2) is 13.1 Å². The number of ether oxygens (including phenoxy) is 1. The summed E-state index contributed by atoms with van der Waals surface area (Å²) in [5.74, 6) is 0.649. The Kier molecular flexibility index (Phi) is 4.36. The standard InChI is InChI=1S/C14H22N2O3S/c1-11-9-12(19-2)5-6-13(11)20(17,18)16-14(10-15)7-3-4-8-14/h5-6,9,16H,3-4,7-8,10,15H2,1-2H3. The summed E-state index contributed by atoms with van der Waals surface area (Å²) in [6.07, 6.45) is 3.64. The van der Waals surface area contributed by atoms with Crippen molar-refractivity contribution in [2.24, 2.45) is 5.73 Å². The van der Waals surface area contributed by atoms with Gasteiger partial charge in [-0.3, -0.25) is 0 Å². The first-order valence-corrected chi connectivity index (χ1v) is 8.29. The Balaban J connectivity index is 2.31. The second kappa shape index (κ2) is 5.71. The molecule has 0 aromatic heterocycles. The number of hydrogen-bond donors (Lipinski definition) is 2. The predicted molar refractivity (Wildman–Crippen MR) is 78.3 cm³/mol. The molecular formula is C14H22N2O3S. The van der Waals surface area contributed by atoms with Crippen molar-refractivity contribution in [1.29, 1.82) is 0 Å². The van der Waals surface area contributed by atoms with Crippen molar-refractivity contribution in [3.63, 3.8) is 0 Å². The van der Waals surface area contributed by atoms with E-state index in [0.717, 1.165) is 25.7 Å². The molecule has 0 aliphatic heterocycles. The van der Waals surface area contributed by atoms with Crippen LogP contribution in [0, 0.1) is 6.92 Å². The molecule has 2 rings (SSSR count). The van der Waals surface area contributed by atoms with Gasteiger partial charge in [-0.15, -0.1) is 0 Å². The molecule has 1 saturated carbocycles. The molecule has 0 saturated heterocycles. The maximum absolute atomic E-state index is 12.6. The Morgan fingerprint density at radius 2 is 2.00 bits per heavy atom. The minimum absolute atomic E-state index is 0.290. The van der Waals surface area contributed by atoms with Crippen LogP contribution in [-0.2, 0) is 10.0 Å². The highest BCUT2D eigenvalue weighted by Crippen LogP contribution is 2.31. The first-order valence-electron chi connectivity index (χ1n) is 6.81. The summed E-state index contributed by atoms with van der Waals surface area (Å²) in [4.78, 5) is 0.290. The second-order valence-electron chi connectivity index (χ2n) is 5.43. The Hall–Kier alpha value is -1.11. The summed E-state index contributed by atoms with van der Waals surface area (Å²) in [7, 11) is -2.00. The smallest absolute Gasteiger partial charge is 0.241 e. The lowest BCUT2D eigenvalue weighted by Gasteiger charge is -2.28. The zero-order valence-corrected chi connectivity index (χ0v) is 12.8. The number of sulfonamides is 1. The number of nitrogens with one attached hydrogen (secondary N) is 1. The molecule has 6 heteroatoms. The van der Waals surface area contributed by atoms with Crippen LogP contribution in [0.25, 0.3) is 0 Å². The highest BCUT2D eigenvalue weighted by molar-refractivity contribution is 7.89. The van der Waals surface area contributed by atoms with Gasteiger partial charge in [0, 0.05) is 12.1 Å². The largest absolute Gasteiger partial charge is 0.497 e. The van der Waals surface area contributed by atoms with Gasteiger partial charge in [0.2, 0.25) is 10.0 Å². The van der Waals surface area contributed by atoms with Crippen LogP contribution in [0.1, 0.15) is 31.2 Å². The molecule has 0 bridgehead atoms. The van der Waals surface area contributed by atoms with Crippen molar-refractivity contribution in [3.8, 4) is 5.75 Å². The van der Waals surface area contributed by atoms with E-state index < -0.39 is 15.6 Å². The first-order chi connectivity index (χ1) is 9.42. The Morgan fingerprint density at radius 3 is 2.50 bits per heavy atom. The minimum Gasteiger partial charge on any atom is -0.497 e. The van der Waals surface area contributed by atoms with Gasteiger partial charge in [-0.05, 0) is 43.5 Å². The maximum Gasteiger partial charge on any atom is 0.241 e. The van der Waals surface area contributed by atoms with E-state index in [9.17, 15) is 8.42 Å². The quantitative estimate of drug-likeness (QED) is 0.864. The van der Waals surface area contributed by atoms with E-state index in [4.69, 9.17) is 10.5 Å².